The number of likely N-dealkylation sites (tertiary alicyclic amines) is 1. The third kappa shape index (κ3) is 5.70. The Bertz CT molecular complexity index is 718. The third-order valence-electron chi connectivity index (χ3n) is 5.33. The van der Waals surface area contributed by atoms with Crippen LogP contribution in [0.15, 0.2) is 42.5 Å². The van der Waals surface area contributed by atoms with Gasteiger partial charge in [0, 0.05) is 11.9 Å². The van der Waals surface area contributed by atoms with E-state index in [1.54, 1.807) is 0 Å². The maximum Gasteiger partial charge on any atom is 0.261 e. The molecule has 2 aromatic carbocycles. The van der Waals surface area contributed by atoms with Crippen molar-refractivity contribution in [2.45, 2.75) is 51.6 Å². The highest BCUT2D eigenvalue weighted by Gasteiger charge is 2.19. The van der Waals surface area contributed by atoms with Crippen molar-refractivity contribution in [2.24, 2.45) is 0 Å². The number of benzene rings is 2. The van der Waals surface area contributed by atoms with Crippen molar-refractivity contribution < 1.29 is 9.53 Å². The number of nitrogens with zero attached hydrogens (tertiary/aromatic N) is 1. The van der Waals surface area contributed by atoms with E-state index in [9.17, 15) is 4.79 Å². The molecule has 1 aliphatic heterocycles. The van der Waals surface area contributed by atoms with Crippen LogP contribution in [0.3, 0.4) is 0 Å². The van der Waals surface area contributed by atoms with Gasteiger partial charge in [0.15, 0.2) is 6.10 Å². The van der Waals surface area contributed by atoms with Gasteiger partial charge in [-0.2, -0.15) is 0 Å². The number of fused-ring (bicyclic) bond motifs is 1. The Morgan fingerprint density at radius 3 is 2.59 bits per heavy atom. The summed E-state index contributed by atoms with van der Waals surface area (Å²) in [6.45, 7) is 6.18. The molecule has 0 radical (unpaired) electrons. The second-order valence-electron chi connectivity index (χ2n) is 7.39. The first-order valence-corrected chi connectivity index (χ1v) is 10.4. The molecule has 0 bridgehead atoms. The van der Waals surface area contributed by atoms with Crippen molar-refractivity contribution in [3.8, 4) is 5.75 Å². The number of nitrogens with one attached hydrogen (secondary N) is 1. The van der Waals surface area contributed by atoms with Crippen LogP contribution in [0.25, 0.3) is 10.8 Å². The van der Waals surface area contributed by atoms with E-state index in [4.69, 9.17) is 4.74 Å². The molecule has 0 spiro atoms. The van der Waals surface area contributed by atoms with E-state index in [0.29, 0.717) is 13.0 Å². The second kappa shape index (κ2) is 10.3. The largest absolute Gasteiger partial charge is 0.480 e. The van der Waals surface area contributed by atoms with Crippen LogP contribution >= 0.6 is 0 Å². The summed E-state index contributed by atoms with van der Waals surface area (Å²) in [7, 11) is 0. The average molecular weight is 369 g/mol. The molecule has 0 aromatic heterocycles. The van der Waals surface area contributed by atoms with E-state index < -0.39 is 6.10 Å². The Hall–Kier alpha value is -2.07. The highest BCUT2D eigenvalue weighted by molar-refractivity contribution is 5.89. The van der Waals surface area contributed by atoms with Crippen molar-refractivity contribution in [3.63, 3.8) is 0 Å². The van der Waals surface area contributed by atoms with E-state index in [1.807, 2.05) is 37.3 Å². The zero-order valence-electron chi connectivity index (χ0n) is 16.5. The highest BCUT2D eigenvalue weighted by Crippen LogP contribution is 2.26. The molecule has 1 heterocycles. The normalized spacial score (nSPS) is 16.6. The topological polar surface area (TPSA) is 41.6 Å². The van der Waals surface area contributed by atoms with E-state index in [0.717, 1.165) is 29.5 Å². The smallest absolute Gasteiger partial charge is 0.261 e. The zero-order chi connectivity index (χ0) is 18.9. The third-order valence-corrected chi connectivity index (χ3v) is 5.33. The summed E-state index contributed by atoms with van der Waals surface area (Å²) in [5.74, 6) is 0.765. The summed E-state index contributed by atoms with van der Waals surface area (Å²) in [6.07, 6.45) is 6.53. The lowest BCUT2D eigenvalue weighted by Gasteiger charge is -2.21. The summed E-state index contributed by atoms with van der Waals surface area (Å²) in [5.41, 5.74) is 0. The first-order chi connectivity index (χ1) is 13.3. The van der Waals surface area contributed by atoms with Gasteiger partial charge in [-0.25, -0.2) is 0 Å². The van der Waals surface area contributed by atoms with E-state index >= 15 is 0 Å². The number of carbonyl (C=O) groups is 1. The van der Waals surface area contributed by atoms with Gasteiger partial charge >= 0.3 is 0 Å². The van der Waals surface area contributed by atoms with E-state index in [2.05, 4.69) is 22.3 Å². The van der Waals surface area contributed by atoms with Crippen LogP contribution in [-0.4, -0.2) is 43.1 Å². The molecule has 1 fully saturated rings. The molecule has 1 atom stereocenters. The fourth-order valence-electron chi connectivity index (χ4n) is 3.76. The monoisotopic (exact) mass is 368 g/mol. The van der Waals surface area contributed by atoms with Gasteiger partial charge in [-0.3, -0.25) is 4.79 Å². The maximum atomic E-state index is 12.6. The van der Waals surface area contributed by atoms with Crippen LogP contribution in [-0.2, 0) is 4.79 Å². The molecular formula is C23H32N2O2. The molecule has 1 saturated heterocycles. The lowest BCUT2D eigenvalue weighted by atomic mass is 10.1. The minimum absolute atomic E-state index is 0.0127. The number of rotatable bonds is 8. The molecule has 1 N–H and O–H groups in total. The van der Waals surface area contributed by atoms with Crippen molar-refractivity contribution in [2.75, 3.05) is 26.2 Å². The van der Waals surface area contributed by atoms with Crippen LogP contribution in [0.4, 0.5) is 0 Å². The predicted molar refractivity (Wildman–Crippen MR) is 111 cm³/mol. The molecule has 0 unspecified atom stereocenters. The lowest BCUT2D eigenvalue weighted by molar-refractivity contribution is -0.128. The fraction of sp³-hybridized carbons (Fsp3) is 0.522. The van der Waals surface area contributed by atoms with Crippen LogP contribution < -0.4 is 10.1 Å². The maximum absolute atomic E-state index is 12.6. The fourth-order valence-corrected chi connectivity index (χ4v) is 3.76. The molecule has 0 aliphatic carbocycles. The average Bonchev–Trinajstić information content (AvgIpc) is 2.98. The van der Waals surface area contributed by atoms with Crippen LogP contribution in [0.5, 0.6) is 5.75 Å². The summed E-state index contributed by atoms with van der Waals surface area (Å²) >= 11 is 0. The first kappa shape index (κ1) is 19.7. The lowest BCUT2D eigenvalue weighted by Crippen LogP contribution is -2.39. The molecule has 0 saturated carbocycles. The van der Waals surface area contributed by atoms with Gasteiger partial charge in [0.25, 0.3) is 5.91 Å². The Balaban J connectivity index is 1.48. The quantitative estimate of drug-likeness (QED) is 0.703. The number of ether oxygens (including phenoxy) is 1. The first-order valence-electron chi connectivity index (χ1n) is 10.4. The molecular weight excluding hydrogens is 336 g/mol. The molecule has 146 valence electrons. The second-order valence-corrected chi connectivity index (χ2v) is 7.39. The Labute approximate surface area is 162 Å². The Morgan fingerprint density at radius 1 is 1.07 bits per heavy atom. The van der Waals surface area contributed by atoms with Gasteiger partial charge in [0.1, 0.15) is 5.75 Å². The van der Waals surface area contributed by atoms with Crippen molar-refractivity contribution in [1.82, 2.24) is 10.2 Å². The Morgan fingerprint density at radius 2 is 1.81 bits per heavy atom. The predicted octanol–water partition coefficient (Wildman–Crippen LogP) is 4.38. The number of hydrogen-bond acceptors (Lipinski definition) is 3. The number of amides is 1. The summed E-state index contributed by atoms with van der Waals surface area (Å²) in [5, 5.41) is 5.24. The minimum atomic E-state index is -0.450. The van der Waals surface area contributed by atoms with Gasteiger partial charge in [0.05, 0.1) is 0 Å². The van der Waals surface area contributed by atoms with E-state index in [-0.39, 0.29) is 5.91 Å². The molecule has 3 rings (SSSR count). The van der Waals surface area contributed by atoms with E-state index in [1.165, 1.54) is 38.8 Å². The molecule has 27 heavy (non-hydrogen) atoms. The van der Waals surface area contributed by atoms with Crippen molar-refractivity contribution in [1.29, 1.82) is 0 Å². The summed E-state index contributed by atoms with van der Waals surface area (Å²) in [4.78, 5) is 15.1. The van der Waals surface area contributed by atoms with Gasteiger partial charge < -0.3 is 15.0 Å². The van der Waals surface area contributed by atoms with Gasteiger partial charge in [-0.1, -0.05) is 56.2 Å². The zero-order valence-corrected chi connectivity index (χ0v) is 16.5. The SMILES string of the molecule is CC[C@H](Oc1cccc2ccccc12)C(=O)NCCCN1CCCCCC1. The van der Waals surface area contributed by atoms with Gasteiger partial charge in [-0.15, -0.1) is 0 Å². The summed E-state index contributed by atoms with van der Waals surface area (Å²) < 4.78 is 6.08. The van der Waals surface area contributed by atoms with Crippen molar-refractivity contribution >= 4 is 16.7 Å². The molecule has 1 amide bonds. The Kier molecular flexibility index (Phi) is 7.52. The summed E-state index contributed by atoms with van der Waals surface area (Å²) in [6, 6.07) is 14.1. The van der Waals surface area contributed by atoms with Crippen LogP contribution in [0.1, 0.15) is 45.4 Å². The number of hydrogen-bond donors (Lipinski definition) is 1. The van der Waals surface area contributed by atoms with Crippen molar-refractivity contribution in [3.05, 3.63) is 42.5 Å². The highest BCUT2D eigenvalue weighted by atomic mass is 16.5. The number of carbonyl (C=O) groups excluding carboxylic acids is 1. The van der Waals surface area contributed by atoms with Crippen LogP contribution in [0, 0.1) is 0 Å². The van der Waals surface area contributed by atoms with Gasteiger partial charge in [0.2, 0.25) is 0 Å². The molecule has 4 heteroatoms. The van der Waals surface area contributed by atoms with Gasteiger partial charge in [-0.05, 0) is 56.8 Å². The molecule has 1 aliphatic rings. The minimum Gasteiger partial charge on any atom is -0.480 e. The standard InChI is InChI=1S/C23H32N2O2/c1-2-21(27-22-14-9-12-19-11-5-6-13-20(19)22)23(26)24-15-10-18-25-16-7-3-4-8-17-25/h5-6,9,11-14,21H,2-4,7-8,10,15-18H2,1H3,(H,24,26)/t21-/m0/s1. The molecule has 2 aromatic rings. The van der Waals surface area contributed by atoms with Crippen LogP contribution in [0.2, 0.25) is 0 Å². The molecule has 4 nitrogen and oxygen atoms in total.